The minimum Gasteiger partial charge on any atom is -0.481 e. The fraction of sp³-hybridized carbons (Fsp3) is 0.278. The van der Waals surface area contributed by atoms with Gasteiger partial charge < -0.3 is 14.9 Å². The van der Waals surface area contributed by atoms with Gasteiger partial charge >= 0.3 is 5.97 Å². The van der Waals surface area contributed by atoms with E-state index in [9.17, 15) is 23.2 Å². The number of likely N-dealkylation sites (N-methyl/N-ethyl adjacent to an activating group) is 1. The number of halogens is 2. The van der Waals surface area contributed by atoms with Crippen LogP contribution in [0.15, 0.2) is 35.7 Å². The van der Waals surface area contributed by atoms with E-state index < -0.39 is 23.5 Å². The van der Waals surface area contributed by atoms with E-state index in [1.54, 1.807) is 17.5 Å². The average molecular weight is 396 g/mol. The number of nitrogens with zero attached hydrogens (tertiary/aromatic N) is 2. The summed E-state index contributed by atoms with van der Waals surface area (Å²) in [4.78, 5) is 38.6. The number of rotatable bonds is 8. The highest BCUT2D eigenvalue weighted by Crippen LogP contribution is 2.14. The molecule has 0 bridgehead atoms. The first-order valence-corrected chi connectivity index (χ1v) is 8.88. The second-order valence-corrected chi connectivity index (χ2v) is 6.79. The van der Waals surface area contributed by atoms with Crippen molar-refractivity contribution in [2.45, 2.75) is 13.0 Å². The molecule has 1 N–H and O–H groups in total. The molecule has 2 rings (SSSR count). The number of benzene rings is 1. The SMILES string of the molecule is CN(CC(=O)N(CCC(=O)O)Cc1ccc(F)c(F)c1)C(=O)c1cccs1. The molecule has 0 aliphatic carbocycles. The first-order valence-electron chi connectivity index (χ1n) is 8.00. The van der Waals surface area contributed by atoms with Crippen LogP contribution in [0.25, 0.3) is 0 Å². The Bertz CT molecular complexity index is 827. The van der Waals surface area contributed by atoms with Gasteiger partial charge in [0.25, 0.3) is 5.91 Å². The summed E-state index contributed by atoms with van der Waals surface area (Å²) in [5.74, 6) is -3.98. The first-order chi connectivity index (χ1) is 12.8. The Hall–Kier alpha value is -2.81. The van der Waals surface area contributed by atoms with Crippen molar-refractivity contribution < 1.29 is 28.3 Å². The second kappa shape index (κ2) is 9.22. The van der Waals surface area contributed by atoms with Crippen molar-refractivity contribution in [3.63, 3.8) is 0 Å². The molecule has 0 fully saturated rings. The molecular weight excluding hydrogens is 378 g/mol. The van der Waals surface area contributed by atoms with Gasteiger partial charge in [0.15, 0.2) is 11.6 Å². The van der Waals surface area contributed by atoms with E-state index in [1.165, 1.54) is 34.3 Å². The molecule has 0 saturated heterocycles. The zero-order valence-corrected chi connectivity index (χ0v) is 15.3. The number of carboxylic acids is 1. The lowest BCUT2D eigenvalue weighted by molar-refractivity contribution is -0.138. The maximum atomic E-state index is 13.4. The molecular formula is C18H18F2N2O4S. The molecule has 0 unspecified atom stereocenters. The lowest BCUT2D eigenvalue weighted by Crippen LogP contribution is -2.41. The van der Waals surface area contributed by atoms with E-state index in [2.05, 4.69) is 0 Å². The molecule has 27 heavy (non-hydrogen) atoms. The Morgan fingerprint density at radius 1 is 1.15 bits per heavy atom. The number of aliphatic carboxylic acids is 1. The normalized spacial score (nSPS) is 10.5. The van der Waals surface area contributed by atoms with Crippen LogP contribution in [-0.2, 0) is 16.1 Å². The molecule has 144 valence electrons. The third-order valence-electron chi connectivity index (χ3n) is 3.76. The van der Waals surface area contributed by atoms with Crippen LogP contribution in [0.5, 0.6) is 0 Å². The predicted octanol–water partition coefficient (Wildman–Crippen LogP) is 2.60. The highest BCUT2D eigenvalue weighted by atomic mass is 32.1. The minimum absolute atomic E-state index is 0.0929. The van der Waals surface area contributed by atoms with E-state index >= 15 is 0 Å². The standard InChI is InChI=1S/C18H18F2N2O4S/c1-21(18(26)15-3-2-8-27-15)11-16(23)22(7-6-17(24)25)10-12-4-5-13(19)14(20)9-12/h2-5,8-9H,6-7,10-11H2,1H3,(H,24,25). The summed E-state index contributed by atoms with van der Waals surface area (Å²) in [6.45, 7) is -0.474. The van der Waals surface area contributed by atoms with Gasteiger partial charge in [-0.05, 0) is 29.1 Å². The Morgan fingerprint density at radius 2 is 1.89 bits per heavy atom. The molecule has 2 aromatic rings. The van der Waals surface area contributed by atoms with E-state index in [1.807, 2.05) is 0 Å². The quantitative estimate of drug-likeness (QED) is 0.744. The third kappa shape index (κ3) is 5.85. The lowest BCUT2D eigenvalue weighted by Gasteiger charge is -2.25. The summed E-state index contributed by atoms with van der Waals surface area (Å²) >= 11 is 1.24. The highest BCUT2D eigenvalue weighted by Gasteiger charge is 2.21. The van der Waals surface area contributed by atoms with E-state index in [-0.39, 0.29) is 32.0 Å². The predicted molar refractivity (Wildman–Crippen MR) is 95.3 cm³/mol. The number of hydrogen-bond acceptors (Lipinski definition) is 4. The molecule has 0 saturated carbocycles. The van der Waals surface area contributed by atoms with Crippen LogP contribution in [0.3, 0.4) is 0 Å². The van der Waals surface area contributed by atoms with Gasteiger partial charge in [0.05, 0.1) is 17.8 Å². The number of thiophene rings is 1. The van der Waals surface area contributed by atoms with Crippen molar-refractivity contribution in [2.75, 3.05) is 20.1 Å². The van der Waals surface area contributed by atoms with Gasteiger partial charge in [0.2, 0.25) is 5.91 Å². The van der Waals surface area contributed by atoms with Gasteiger partial charge in [-0.3, -0.25) is 14.4 Å². The van der Waals surface area contributed by atoms with Crippen LogP contribution in [0.1, 0.15) is 21.7 Å². The van der Waals surface area contributed by atoms with Crippen LogP contribution in [-0.4, -0.2) is 52.8 Å². The van der Waals surface area contributed by atoms with Gasteiger partial charge in [-0.2, -0.15) is 0 Å². The molecule has 1 aromatic carbocycles. The summed E-state index contributed by atoms with van der Waals surface area (Å²) < 4.78 is 26.5. The Labute approximate surface area is 158 Å². The smallest absolute Gasteiger partial charge is 0.305 e. The number of carbonyl (C=O) groups is 3. The summed E-state index contributed by atoms with van der Waals surface area (Å²) in [5.41, 5.74) is 0.319. The van der Waals surface area contributed by atoms with Gasteiger partial charge in [-0.25, -0.2) is 8.78 Å². The van der Waals surface area contributed by atoms with Crippen molar-refractivity contribution in [1.29, 1.82) is 0 Å². The lowest BCUT2D eigenvalue weighted by atomic mass is 10.2. The van der Waals surface area contributed by atoms with Gasteiger partial charge in [0, 0.05) is 20.1 Å². The number of carboxylic acid groups (broad SMARTS) is 1. The molecule has 1 heterocycles. The molecule has 0 aliphatic heterocycles. The van der Waals surface area contributed by atoms with Crippen molar-refractivity contribution in [3.8, 4) is 0 Å². The van der Waals surface area contributed by atoms with Crippen molar-refractivity contribution in [2.24, 2.45) is 0 Å². The Morgan fingerprint density at radius 3 is 2.48 bits per heavy atom. The molecule has 9 heteroatoms. The molecule has 0 aliphatic rings. The summed E-state index contributed by atoms with van der Waals surface area (Å²) in [7, 11) is 1.47. The zero-order valence-electron chi connectivity index (χ0n) is 14.5. The molecule has 6 nitrogen and oxygen atoms in total. The fourth-order valence-electron chi connectivity index (χ4n) is 2.34. The Balaban J connectivity index is 2.09. The number of carbonyl (C=O) groups excluding carboxylic acids is 2. The molecule has 1 aromatic heterocycles. The summed E-state index contributed by atoms with van der Waals surface area (Å²) in [6.07, 6.45) is -0.308. The Kier molecular flexibility index (Phi) is 7.00. The van der Waals surface area contributed by atoms with E-state index in [0.29, 0.717) is 10.4 Å². The molecule has 0 radical (unpaired) electrons. The van der Waals surface area contributed by atoms with Crippen LogP contribution >= 0.6 is 11.3 Å². The zero-order chi connectivity index (χ0) is 20.0. The largest absolute Gasteiger partial charge is 0.481 e. The first kappa shape index (κ1) is 20.5. The van der Waals surface area contributed by atoms with E-state index in [4.69, 9.17) is 5.11 Å². The van der Waals surface area contributed by atoms with Gasteiger partial charge in [-0.1, -0.05) is 12.1 Å². The average Bonchev–Trinajstić information content (AvgIpc) is 3.15. The van der Waals surface area contributed by atoms with Crippen molar-refractivity contribution in [1.82, 2.24) is 9.80 Å². The fourth-order valence-corrected chi connectivity index (χ4v) is 3.06. The van der Waals surface area contributed by atoms with E-state index in [0.717, 1.165) is 12.1 Å². The molecule has 2 amide bonds. The molecule has 0 spiro atoms. The number of amides is 2. The van der Waals surface area contributed by atoms with Gasteiger partial charge in [-0.15, -0.1) is 11.3 Å². The topological polar surface area (TPSA) is 77.9 Å². The van der Waals surface area contributed by atoms with Crippen LogP contribution in [0.4, 0.5) is 8.78 Å². The number of hydrogen-bond donors (Lipinski definition) is 1. The van der Waals surface area contributed by atoms with Crippen LogP contribution in [0, 0.1) is 11.6 Å². The second-order valence-electron chi connectivity index (χ2n) is 5.85. The maximum absolute atomic E-state index is 13.4. The van der Waals surface area contributed by atoms with Gasteiger partial charge in [0.1, 0.15) is 0 Å². The maximum Gasteiger partial charge on any atom is 0.305 e. The summed E-state index contributed by atoms with van der Waals surface area (Å²) in [6, 6.07) is 6.57. The molecule has 0 atom stereocenters. The minimum atomic E-state index is -1.10. The highest BCUT2D eigenvalue weighted by molar-refractivity contribution is 7.12. The van der Waals surface area contributed by atoms with Crippen molar-refractivity contribution in [3.05, 3.63) is 57.8 Å². The summed E-state index contributed by atoms with van der Waals surface area (Å²) in [5, 5.41) is 10.6. The van der Waals surface area contributed by atoms with Crippen molar-refractivity contribution >= 4 is 29.1 Å². The van der Waals surface area contributed by atoms with Crippen LogP contribution < -0.4 is 0 Å². The van der Waals surface area contributed by atoms with Crippen LogP contribution in [0.2, 0.25) is 0 Å². The third-order valence-corrected chi connectivity index (χ3v) is 4.61. The monoisotopic (exact) mass is 396 g/mol.